The van der Waals surface area contributed by atoms with Crippen molar-refractivity contribution in [3.05, 3.63) is 68.7 Å². The van der Waals surface area contributed by atoms with Gasteiger partial charge in [0.1, 0.15) is 17.7 Å². The molecule has 1 unspecified atom stereocenters. The van der Waals surface area contributed by atoms with Crippen molar-refractivity contribution >= 4 is 27.5 Å². The first-order valence-electron chi connectivity index (χ1n) is 5.07. The molecule has 1 atom stereocenters. The molecule has 0 aliphatic rings. The van der Waals surface area contributed by atoms with E-state index in [1.807, 2.05) is 0 Å². The Morgan fingerprint density at radius 1 is 1.06 bits per heavy atom. The molecule has 0 heterocycles. The van der Waals surface area contributed by atoms with E-state index < -0.39 is 17.7 Å². The summed E-state index contributed by atoms with van der Waals surface area (Å²) >= 11 is 8.83. The van der Waals surface area contributed by atoms with E-state index >= 15 is 0 Å². The second-order valence-electron chi connectivity index (χ2n) is 3.74. The topological polar surface area (TPSA) is 20.2 Å². The lowest BCUT2D eigenvalue weighted by Crippen LogP contribution is -2.03. The van der Waals surface area contributed by atoms with E-state index in [4.69, 9.17) is 11.6 Å². The maximum absolute atomic E-state index is 13.6. The van der Waals surface area contributed by atoms with Gasteiger partial charge in [-0.05, 0) is 35.9 Å². The Balaban J connectivity index is 2.44. The standard InChI is InChI=1S/C13H8BrClF2O/c14-8-2-4-11(16)9(6-8)13(18)7-1-3-12(17)10(15)5-7/h1-6,13,18H. The third-order valence-corrected chi connectivity index (χ3v) is 3.29. The highest BCUT2D eigenvalue weighted by Gasteiger charge is 2.16. The van der Waals surface area contributed by atoms with E-state index in [-0.39, 0.29) is 10.6 Å². The Hall–Kier alpha value is -0.970. The molecule has 0 saturated heterocycles. The Labute approximate surface area is 116 Å². The van der Waals surface area contributed by atoms with Crippen LogP contribution in [0.25, 0.3) is 0 Å². The van der Waals surface area contributed by atoms with Crippen LogP contribution in [0.5, 0.6) is 0 Å². The van der Waals surface area contributed by atoms with E-state index in [1.54, 1.807) is 0 Å². The second kappa shape index (κ2) is 5.34. The first-order chi connectivity index (χ1) is 8.49. The lowest BCUT2D eigenvalue weighted by atomic mass is 10.0. The molecule has 5 heteroatoms. The van der Waals surface area contributed by atoms with Gasteiger partial charge in [0, 0.05) is 10.0 Å². The molecular formula is C13H8BrClF2O. The number of benzene rings is 2. The van der Waals surface area contributed by atoms with Crippen LogP contribution >= 0.6 is 27.5 Å². The van der Waals surface area contributed by atoms with Crippen LogP contribution in [0.4, 0.5) is 8.78 Å². The lowest BCUT2D eigenvalue weighted by molar-refractivity contribution is 0.215. The van der Waals surface area contributed by atoms with Gasteiger partial charge >= 0.3 is 0 Å². The summed E-state index contributed by atoms with van der Waals surface area (Å²) in [6.07, 6.45) is -1.19. The maximum Gasteiger partial charge on any atom is 0.141 e. The van der Waals surface area contributed by atoms with Crippen LogP contribution in [0.15, 0.2) is 40.9 Å². The fourth-order valence-electron chi connectivity index (χ4n) is 1.59. The zero-order valence-corrected chi connectivity index (χ0v) is 11.3. The van der Waals surface area contributed by atoms with Crippen molar-refractivity contribution in [2.45, 2.75) is 6.10 Å². The fraction of sp³-hybridized carbons (Fsp3) is 0.0769. The molecule has 0 aliphatic heterocycles. The average molecular weight is 334 g/mol. The van der Waals surface area contributed by atoms with Gasteiger partial charge in [0.05, 0.1) is 5.02 Å². The monoisotopic (exact) mass is 332 g/mol. The van der Waals surface area contributed by atoms with Crippen molar-refractivity contribution in [3.63, 3.8) is 0 Å². The first-order valence-corrected chi connectivity index (χ1v) is 6.24. The van der Waals surface area contributed by atoms with Gasteiger partial charge in [-0.2, -0.15) is 0 Å². The largest absolute Gasteiger partial charge is 0.384 e. The summed E-state index contributed by atoms with van der Waals surface area (Å²) in [5.41, 5.74) is 0.436. The minimum absolute atomic E-state index is 0.104. The third-order valence-electron chi connectivity index (χ3n) is 2.51. The zero-order chi connectivity index (χ0) is 13.3. The number of hydrogen-bond donors (Lipinski definition) is 1. The van der Waals surface area contributed by atoms with Crippen molar-refractivity contribution in [1.29, 1.82) is 0 Å². The fourth-order valence-corrected chi connectivity index (χ4v) is 2.15. The quantitative estimate of drug-likeness (QED) is 0.860. The lowest BCUT2D eigenvalue weighted by Gasteiger charge is -2.13. The molecule has 0 aromatic heterocycles. The molecule has 0 amide bonds. The van der Waals surface area contributed by atoms with E-state index in [2.05, 4.69) is 15.9 Å². The Morgan fingerprint density at radius 3 is 2.39 bits per heavy atom. The molecule has 0 fully saturated rings. The first kappa shape index (κ1) is 13.5. The number of aliphatic hydroxyl groups excluding tert-OH is 1. The normalized spacial score (nSPS) is 12.5. The molecule has 0 radical (unpaired) electrons. The van der Waals surface area contributed by atoms with Crippen LogP contribution in [-0.2, 0) is 0 Å². The second-order valence-corrected chi connectivity index (χ2v) is 5.06. The summed E-state index contributed by atoms with van der Waals surface area (Å²) in [6.45, 7) is 0. The SMILES string of the molecule is OC(c1ccc(F)c(Cl)c1)c1cc(Br)ccc1F. The highest BCUT2D eigenvalue weighted by atomic mass is 79.9. The summed E-state index contributed by atoms with van der Waals surface area (Å²) in [6, 6.07) is 8.03. The number of aliphatic hydroxyl groups is 1. The number of rotatable bonds is 2. The summed E-state index contributed by atoms with van der Waals surface area (Å²) < 4.78 is 27.3. The summed E-state index contributed by atoms with van der Waals surface area (Å²) in [4.78, 5) is 0. The van der Waals surface area contributed by atoms with Gasteiger partial charge in [-0.25, -0.2) is 8.78 Å². The van der Waals surface area contributed by atoms with Crippen molar-refractivity contribution in [3.8, 4) is 0 Å². The Kier molecular flexibility index (Phi) is 4.00. The molecule has 0 bridgehead atoms. The molecule has 18 heavy (non-hydrogen) atoms. The molecule has 1 N–H and O–H groups in total. The number of halogens is 4. The Bertz CT molecular complexity index is 589. The van der Waals surface area contributed by atoms with Gasteiger partial charge in [0.15, 0.2) is 0 Å². The molecule has 1 nitrogen and oxygen atoms in total. The Morgan fingerprint density at radius 2 is 1.72 bits per heavy atom. The molecule has 2 rings (SSSR count). The molecule has 0 aliphatic carbocycles. The predicted octanol–water partition coefficient (Wildman–Crippen LogP) is 4.46. The third kappa shape index (κ3) is 2.71. The van der Waals surface area contributed by atoms with Crippen LogP contribution < -0.4 is 0 Å². The van der Waals surface area contributed by atoms with Crippen LogP contribution in [0.1, 0.15) is 17.2 Å². The minimum atomic E-state index is -1.19. The molecule has 2 aromatic rings. The van der Waals surface area contributed by atoms with Gasteiger partial charge in [0.25, 0.3) is 0 Å². The molecule has 0 saturated carbocycles. The van der Waals surface area contributed by atoms with E-state index in [0.717, 1.165) is 6.07 Å². The average Bonchev–Trinajstić information content (AvgIpc) is 2.35. The van der Waals surface area contributed by atoms with Gasteiger partial charge in [-0.15, -0.1) is 0 Å². The van der Waals surface area contributed by atoms with Gasteiger partial charge < -0.3 is 5.11 Å². The van der Waals surface area contributed by atoms with E-state index in [9.17, 15) is 13.9 Å². The van der Waals surface area contributed by atoms with Crippen LogP contribution in [0, 0.1) is 11.6 Å². The molecule has 2 aromatic carbocycles. The zero-order valence-electron chi connectivity index (χ0n) is 9.00. The molecular weight excluding hydrogens is 325 g/mol. The molecule has 94 valence electrons. The van der Waals surface area contributed by atoms with Crippen molar-refractivity contribution in [2.24, 2.45) is 0 Å². The highest BCUT2D eigenvalue weighted by molar-refractivity contribution is 9.10. The number of hydrogen-bond acceptors (Lipinski definition) is 1. The maximum atomic E-state index is 13.6. The summed E-state index contributed by atoms with van der Waals surface area (Å²) in [7, 11) is 0. The summed E-state index contributed by atoms with van der Waals surface area (Å²) in [5, 5.41) is 9.96. The van der Waals surface area contributed by atoms with Gasteiger partial charge in [0.2, 0.25) is 0 Å². The minimum Gasteiger partial charge on any atom is -0.384 e. The molecule has 0 spiro atoms. The predicted molar refractivity (Wildman–Crippen MR) is 69.6 cm³/mol. The van der Waals surface area contributed by atoms with E-state index in [0.29, 0.717) is 10.0 Å². The van der Waals surface area contributed by atoms with E-state index in [1.165, 1.54) is 30.3 Å². The van der Waals surface area contributed by atoms with Crippen LogP contribution in [-0.4, -0.2) is 5.11 Å². The highest BCUT2D eigenvalue weighted by Crippen LogP contribution is 2.29. The smallest absolute Gasteiger partial charge is 0.141 e. The van der Waals surface area contributed by atoms with Crippen LogP contribution in [0.2, 0.25) is 5.02 Å². The van der Waals surface area contributed by atoms with Gasteiger partial charge in [-0.1, -0.05) is 33.6 Å². The van der Waals surface area contributed by atoms with Crippen molar-refractivity contribution < 1.29 is 13.9 Å². The summed E-state index contributed by atoms with van der Waals surface area (Å²) in [5.74, 6) is -1.12. The van der Waals surface area contributed by atoms with Gasteiger partial charge in [-0.3, -0.25) is 0 Å². The van der Waals surface area contributed by atoms with Crippen molar-refractivity contribution in [1.82, 2.24) is 0 Å². The van der Waals surface area contributed by atoms with Crippen LogP contribution in [0.3, 0.4) is 0 Å². The van der Waals surface area contributed by atoms with Crippen molar-refractivity contribution in [2.75, 3.05) is 0 Å².